The van der Waals surface area contributed by atoms with Crippen LogP contribution in [0.4, 0.5) is 18.9 Å². The van der Waals surface area contributed by atoms with E-state index in [1.807, 2.05) is 6.92 Å². The van der Waals surface area contributed by atoms with Crippen molar-refractivity contribution in [2.24, 2.45) is 0 Å². The second-order valence-corrected chi connectivity index (χ2v) is 4.74. The van der Waals surface area contributed by atoms with Gasteiger partial charge in [0.05, 0.1) is 11.3 Å². The molecule has 0 bridgehead atoms. The first kappa shape index (κ1) is 13.4. The maximum Gasteiger partial charge on any atom is 0.416 e. The van der Waals surface area contributed by atoms with Crippen LogP contribution in [0.15, 0.2) is 36.5 Å². The van der Waals surface area contributed by atoms with Gasteiger partial charge in [-0.2, -0.15) is 13.2 Å². The summed E-state index contributed by atoms with van der Waals surface area (Å²) in [5.74, 6) is 0.449. The van der Waals surface area contributed by atoms with Gasteiger partial charge in [-0.05, 0) is 30.7 Å². The Morgan fingerprint density at radius 3 is 2.38 bits per heavy atom. The van der Waals surface area contributed by atoms with Gasteiger partial charge in [-0.25, -0.2) is 0 Å². The summed E-state index contributed by atoms with van der Waals surface area (Å²) in [5.41, 5.74) is 7.72. The first-order valence-electron chi connectivity index (χ1n) is 6.15. The number of aryl methyl sites for hydroxylation is 1. The highest BCUT2D eigenvalue weighted by Gasteiger charge is 2.30. The number of halogens is 3. The number of nitrogens with zero attached hydrogens (tertiary/aromatic N) is 3. The zero-order valence-electron chi connectivity index (χ0n) is 11.0. The highest BCUT2D eigenvalue weighted by Crippen LogP contribution is 2.30. The maximum absolute atomic E-state index is 12.6. The molecule has 2 aromatic heterocycles. The molecule has 7 heteroatoms. The van der Waals surface area contributed by atoms with Gasteiger partial charge >= 0.3 is 6.18 Å². The van der Waals surface area contributed by atoms with Gasteiger partial charge in [0.25, 0.3) is 0 Å². The monoisotopic (exact) mass is 292 g/mol. The third kappa shape index (κ3) is 2.31. The van der Waals surface area contributed by atoms with E-state index in [-0.39, 0.29) is 0 Å². The number of alkyl halides is 3. The number of pyridine rings is 1. The molecule has 0 unspecified atom stereocenters. The Morgan fingerprint density at radius 2 is 1.76 bits per heavy atom. The Hall–Kier alpha value is -2.57. The summed E-state index contributed by atoms with van der Waals surface area (Å²) < 4.78 is 39.3. The normalized spacial score (nSPS) is 12.0. The van der Waals surface area contributed by atoms with Gasteiger partial charge < -0.3 is 5.73 Å². The molecule has 0 aliphatic heterocycles. The Bertz CT molecular complexity index is 803. The molecule has 3 aromatic rings. The molecule has 4 nitrogen and oxygen atoms in total. The summed E-state index contributed by atoms with van der Waals surface area (Å²) in [6.07, 6.45) is -2.69. The van der Waals surface area contributed by atoms with E-state index < -0.39 is 11.7 Å². The third-order valence-electron chi connectivity index (χ3n) is 3.26. The second kappa shape index (κ2) is 4.47. The lowest BCUT2D eigenvalue weighted by molar-refractivity contribution is -0.137. The fraction of sp³-hybridized carbons (Fsp3) is 0.143. The number of fused-ring (bicyclic) bond motifs is 1. The number of anilines is 1. The highest BCUT2D eigenvalue weighted by molar-refractivity contribution is 5.63. The number of benzene rings is 1. The van der Waals surface area contributed by atoms with E-state index in [1.54, 1.807) is 16.7 Å². The van der Waals surface area contributed by atoms with Crippen molar-refractivity contribution in [2.45, 2.75) is 13.1 Å². The van der Waals surface area contributed by atoms with Crippen LogP contribution in [0.25, 0.3) is 17.0 Å². The van der Waals surface area contributed by atoms with Gasteiger partial charge in [0.2, 0.25) is 0 Å². The molecule has 0 spiro atoms. The molecule has 108 valence electrons. The molecule has 0 radical (unpaired) electrons. The molecule has 0 atom stereocenters. The number of nitrogens with two attached hydrogens (primary N) is 1. The molecule has 1 aromatic carbocycles. The summed E-state index contributed by atoms with van der Waals surface area (Å²) in [7, 11) is 0. The van der Waals surface area contributed by atoms with Crippen LogP contribution in [0, 0.1) is 6.92 Å². The lowest BCUT2D eigenvalue weighted by Crippen LogP contribution is -2.04. The smallest absolute Gasteiger partial charge is 0.397 e. The van der Waals surface area contributed by atoms with Gasteiger partial charge in [-0.1, -0.05) is 12.1 Å². The molecule has 0 amide bonds. The molecule has 0 aliphatic rings. The van der Waals surface area contributed by atoms with Crippen LogP contribution < -0.4 is 5.73 Å². The quantitative estimate of drug-likeness (QED) is 0.748. The minimum absolute atomic E-state index is 0.449. The van der Waals surface area contributed by atoms with E-state index >= 15 is 0 Å². The number of hydrogen-bond acceptors (Lipinski definition) is 3. The Morgan fingerprint density at radius 1 is 1.10 bits per heavy atom. The van der Waals surface area contributed by atoms with Crippen LogP contribution in [0.3, 0.4) is 0 Å². The summed E-state index contributed by atoms with van der Waals surface area (Å²) in [5, 5.41) is 8.02. The summed E-state index contributed by atoms with van der Waals surface area (Å²) >= 11 is 0. The van der Waals surface area contributed by atoms with Crippen LogP contribution in [0.5, 0.6) is 0 Å². The molecule has 2 N–H and O–H groups in total. The van der Waals surface area contributed by atoms with Crippen molar-refractivity contribution < 1.29 is 13.2 Å². The molecule has 0 saturated heterocycles. The van der Waals surface area contributed by atoms with Gasteiger partial charge in [-0.15, -0.1) is 10.2 Å². The fourth-order valence-electron chi connectivity index (χ4n) is 2.05. The van der Waals surface area contributed by atoms with Crippen molar-refractivity contribution in [3.8, 4) is 11.4 Å². The van der Waals surface area contributed by atoms with E-state index in [1.165, 1.54) is 12.1 Å². The van der Waals surface area contributed by atoms with E-state index in [2.05, 4.69) is 10.2 Å². The van der Waals surface area contributed by atoms with Crippen molar-refractivity contribution in [1.82, 2.24) is 14.6 Å². The predicted octanol–water partition coefficient (Wildman–Crippen LogP) is 3.31. The van der Waals surface area contributed by atoms with E-state index in [4.69, 9.17) is 5.73 Å². The molecule has 0 fully saturated rings. The van der Waals surface area contributed by atoms with E-state index in [0.29, 0.717) is 22.7 Å². The molecule has 3 rings (SSSR count). The number of rotatable bonds is 1. The summed E-state index contributed by atoms with van der Waals surface area (Å²) in [6.45, 7) is 1.85. The minimum atomic E-state index is -4.35. The number of hydrogen-bond donors (Lipinski definition) is 1. The zero-order valence-corrected chi connectivity index (χ0v) is 11.0. The standard InChI is InChI=1S/C14H11F3N4/c1-8-6-12-19-20-13(21(12)7-11(8)18)9-2-4-10(5-3-9)14(15,16)17/h2-7H,18H2,1H3. The van der Waals surface area contributed by atoms with Crippen LogP contribution in [-0.2, 0) is 6.18 Å². The average molecular weight is 292 g/mol. The zero-order chi connectivity index (χ0) is 15.2. The first-order valence-corrected chi connectivity index (χ1v) is 6.15. The summed E-state index contributed by atoms with van der Waals surface area (Å²) in [4.78, 5) is 0. The van der Waals surface area contributed by atoms with Crippen molar-refractivity contribution in [1.29, 1.82) is 0 Å². The lowest BCUT2D eigenvalue weighted by Gasteiger charge is -2.07. The van der Waals surface area contributed by atoms with Crippen molar-refractivity contribution in [3.63, 3.8) is 0 Å². The fourth-order valence-corrected chi connectivity index (χ4v) is 2.05. The molecule has 2 heterocycles. The Kier molecular flexibility index (Phi) is 2.86. The molecular formula is C14H11F3N4. The van der Waals surface area contributed by atoms with Crippen molar-refractivity contribution >= 4 is 11.3 Å². The van der Waals surface area contributed by atoms with Gasteiger partial charge in [-0.3, -0.25) is 4.40 Å². The topological polar surface area (TPSA) is 56.2 Å². The van der Waals surface area contributed by atoms with Crippen LogP contribution >= 0.6 is 0 Å². The third-order valence-corrected chi connectivity index (χ3v) is 3.26. The highest BCUT2D eigenvalue weighted by atomic mass is 19.4. The van der Waals surface area contributed by atoms with Gasteiger partial charge in [0, 0.05) is 11.8 Å². The van der Waals surface area contributed by atoms with Gasteiger partial charge in [0.1, 0.15) is 0 Å². The van der Waals surface area contributed by atoms with Crippen LogP contribution in [-0.4, -0.2) is 14.6 Å². The predicted molar refractivity (Wildman–Crippen MR) is 72.6 cm³/mol. The van der Waals surface area contributed by atoms with Crippen molar-refractivity contribution in [3.05, 3.63) is 47.7 Å². The largest absolute Gasteiger partial charge is 0.416 e. The van der Waals surface area contributed by atoms with Crippen LogP contribution in [0.2, 0.25) is 0 Å². The SMILES string of the molecule is Cc1cc2nnc(-c3ccc(C(F)(F)F)cc3)n2cc1N. The molecular weight excluding hydrogens is 281 g/mol. The first-order chi connectivity index (χ1) is 9.86. The lowest BCUT2D eigenvalue weighted by atomic mass is 10.1. The van der Waals surface area contributed by atoms with E-state index in [9.17, 15) is 13.2 Å². The number of aromatic nitrogens is 3. The maximum atomic E-state index is 12.6. The minimum Gasteiger partial charge on any atom is -0.397 e. The Balaban J connectivity index is 2.10. The van der Waals surface area contributed by atoms with Gasteiger partial charge in [0.15, 0.2) is 11.5 Å². The molecule has 21 heavy (non-hydrogen) atoms. The van der Waals surface area contributed by atoms with Crippen LogP contribution in [0.1, 0.15) is 11.1 Å². The molecule has 0 aliphatic carbocycles. The molecule has 0 saturated carbocycles. The second-order valence-electron chi connectivity index (χ2n) is 4.74. The average Bonchev–Trinajstić information content (AvgIpc) is 2.81. The van der Waals surface area contributed by atoms with E-state index in [0.717, 1.165) is 17.7 Å². The summed E-state index contributed by atoms with van der Waals surface area (Å²) in [6, 6.07) is 6.56. The van der Waals surface area contributed by atoms with Crippen molar-refractivity contribution in [2.75, 3.05) is 5.73 Å². The number of nitrogen functional groups attached to an aromatic ring is 1. The Labute approximate surface area is 118 Å².